The Kier molecular flexibility index (Phi) is 3.69. The molecule has 0 aromatic carbocycles. The van der Waals surface area contributed by atoms with Crippen LogP contribution in [0.1, 0.15) is 41.4 Å². The minimum absolute atomic E-state index is 0.0197. The minimum Gasteiger partial charge on any atom is -0.480 e. The SMILES string of the molecule is C[C@H](NC(=O)c1cc2c([nH]c1=O)CCCC2)C(=O)O. The second kappa shape index (κ2) is 5.26. The maximum Gasteiger partial charge on any atom is 0.325 e. The van der Waals surface area contributed by atoms with Crippen LogP contribution in [0, 0.1) is 0 Å². The predicted molar refractivity (Wildman–Crippen MR) is 68.3 cm³/mol. The van der Waals surface area contributed by atoms with Crippen LogP contribution in [-0.4, -0.2) is 28.0 Å². The van der Waals surface area contributed by atoms with E-state index in [0.717, 1.165) is 36.9 Å². The monoisotopic (exact) mass is 264 g/mol. The van der Waals surface area contributed by atoms with Crippen molar-refractivity contribution in [3.63, 3.8) is 0 Å². The van der Waals surface area contributed by atoms with Gasteiger partial charge in [-0.1, -0.05) is 0 Å². The summed E-state index contributed by atoms with van der Waals surface area (Å²) in [4.78, 5) is 37.1. The van der Waals surface area contributed by atoms with Crippen LogP contribution in [0.2, 0.25) is 0 Å². The highest BCUT2D eigenvalue weighted by molar-refractivity contribution is 5.96. The van der Waals surface area contributed by atoms with E-state index in [9.17, 15) is 14.4 Å². The summed E-state index contributed by atoms with van der Waals surface area (Å²) >= 11 is 0. The number of amides is 1. The van der Waals surface area contributed by atoms with Crippen LogP contribution < -0.4 is 10.9 Å². The van der Waals surface area contributed by atoms with Gasteiger partial charge in [-0.3, -0.25) is 14.4 Å². The molecule has 102 valence electrons. The maximum absolute atomic E-state index is 11.9. The highest BCUT2D eigenvalue weighted by Crippen LogP contribution is 2.18. The topological polar surface area (TPSA) is 99.3 Å². The number of aliphatic carboxylic acids is 1. The normalized spacial score (nSPS) is 15.4. The molecule has 1 atom stereocenters. The number of carboxylic acids is 1. The molecule has 6 nitrogen and oxygen atoms in total. The van der Waals surface area contributed by atoms with Crippen molar-refractivity contribution in [1.29, 1.82) is 0 Å². The molecule has 1 amide bonds. The van der Waals surface area contributed by atoms with Gasteiger partial charge in [-0.2, -0.15) is 0 Å². The Labute approximate surface area is 109 Å². The van der Waals surface area contributed by atoms with E-state index in [-0.39, 0.29) is 5.56 Å². The van der Waals surface area contributed by atoms with Gasteiger partial charge in [-0.25, -0.2) is 0 Å². The van der Waals surface area contributed by atoms with Crippen LogP contribution >= 0.6 is 0 Å². The van der Waals surface area contributed by atoms with Crippen LogP contribution in [-0.2, 0) is 17.6 Å². The molecular weight excluding hydrogens is 248 g/mol. The molecule has 0 fully saturated rings. The van der Waals surface area contributed by atoms with Gasteiger partial charge in [0.1, 0.15) is 11.6 Å². The fourth-order valence-corrected chi connectivity index (χ4v) is 2.18. The number of H-pyrrole nitrogens is 1. The van der Waals surface area contributed by atoms with Crippen molar-refractivity contribution >= 4 is 11.9 Å². The lowest BCUT2D eigenvalue weighted by atomic mass is 9.95. The standard InChI is InChI=1S/C13H16N2O4/c1-7(13(18)19)14-11(16)9-6-8-4-2-3-5-10(8)15-12(9)17/h6-7H,2-5H2,1H3,(H,14,16)(H,15,17)(H,18,19)/t7-/m0/s1. The van der Waals surface area contributed by atoms with E-state index < -0.39 is 23.5 Å². The Morgan fingerprint density at radius 2 is 2.05 bits per heavy atom. The van der Waals surface area contributed by atoms with Crippen molar-refractivity contribution in [2.45, 2.75) is 38.6 Å². The van der Waals surface area contributed by atoms with Gasteiger partial charge in [0.15, 0.2) is 0 Å². The molecule has 2 rings (SSSR count). The number of carbonyl (C=O) groups excluding carboxylic acids is 1. The molecule has 1 heterocycles. The molecule has 0 saturated heterocycles. The number of aryl methyl sites for hydroxylation is 2. The van der Waals surface area contributed by atoms with Gasteiger partial charge in [-0.05, 0) is 44.2 Å². The minimum atomic E-state index is -1.14. The summed E-state index contributed by atoms with van der Waals surface area (Å²) < 4.78 is 0. The summed E-state index contributed by atoms with van der Waals surface area (Å²) in [5, 5.41) is 11.0. The van der Waals surface area contributed by atoms with E-state index in [2.05, 4.69) is 10.3 Å². The molecule has 0 aliphatic heterocycles. The third kappa shape index (κ3) is 2.83. The van der Waals surface area contributed by atoms with Crippen molar-refractivity contribution in [2.75, 3.05) is 0 Å². The summed E-state index contributed by atoms with van der Waals surface area (Å²) in [6, 6.07) is 0.556. The highest BCUT2D eigenvalue weighted by Gasteiger charge is 2.20. The lowest BCUT2D eigenvalue weighted by Gasteiger charge is -2.16. The van der Waals surface area contributed by atoms with Gasteiger partial charge < -0.3 is 15.4 Å². The number of rotatable bonds is 3. The third-order valence-corrected chi connectivity index (χ3v) is 3.30. The van der Waals surface area contributed by atoms with Crippen LogP contribution in [0.3, 0.4) is 0 Å². The molecule has 3 N–H and O–H groups in total. The lowest BCUT2D eigenvalue weighted by Crippen LogP contribution is -2.40. The van der Waals surface area contributed by atoms with E-state index in [0.29, 0.717) is 0 Å². The van der Waals surface area contributed by atoms with Crippen LogP contribution in [0.4, 0.5) is 0 Å². The highest BCUT2D eigenvalue weighted by atomic mass is 16.4. The number of carboxylic acid groups (broad SMARTS) is 1. The molecule has 0 spiro atoms. The first kappa shape index (κ1) is 13.3. The molecule has 1 aliphatic carbocycles. The smallest absolute Gasteiger partial charge is 0.325 e. The van der Waals surface area contributed by atoms with E-state index in [1.807, 2.05) is 0 Å². The summed E-state index contributed by atoms with van der Waals surface area (Å²) in [6.07, 6.45) is 3.72. The zero-order valence-corrected chi connectivity index (χ0v) is 10.7. The zero-order chi connectivity index (χ0) is 14.0. The van der Waals surface area contributed by atoms with E-state index in [1.165, 1.54) is 6.92 Å². The van der Waals surface area contributed by atoms with Crippen molar-refractivity contribution in [1.82, 2.24) is 10.3 Å². The number of nitrogens with one attached hydrogen (secondary N) is 2. The van der Waals surface area contributed by atoms with Gasteiger partial charge >= 0.3 is 5.97 Å². The number of carbonyl (C=O) groups is 2. The Bertz CT molecular complexity index is 576. The Hall–Kier alpha value is -2.11. The van der Waals surface area contributed by atoms with Gasteiger partial charge in [0, 0.05) is 5.69 Å². The fourth-order valence-electron chi connectivity index (χ4n) is 2.18. The predicted octanol–water partition coefficient (Wildman–Crippen LogP) is 0.457. The van der Waals surface area contributed by atoms with Crippen LogP contribution in [0.15, 0.2) is 10.9 Å². The molecule has 6 heteroatoms. The molecule has 1 aromatic heterocycles. The summed E-state index contributed by atoms with van der Waals surface area (Å²) in [5.41, 5.74) is 1.38. The Morgan fingerprint density at radius 1 is 1.37 bits per heavy atom. The summed E-state index contributed by atoms with van der Waals surface area (Å²) in [5.74, 6) is -1.78. The number of hydrogen-bond donors (Lipinski definition) is 3. The van der Waals surface area contributed by atoms with Gasteiger partial charge in [0.25, 0.3) is 11.5 Å². The average Bonchev–Trinajstić information content (AvgIpc) is 2.37. The van der Waals surface area contributed by atoms with Crippen molar-refractivity contribution in [2.24, 2.45) is 0 Å². The van der Waals surface area contributed by atoms with E-state index in [4.69, 9.17) is 5.11 Å². The van der Waals surface area contributed by atoms with Crippen LogP contribution in [0.5, 0.6) is 0 Å². The number of pyridine rings is 1. The van der Waals surface area contributed by atoms with E-state index in [1.54, 1.807) is 6.07 Å². The third-order valence-electron chi connectivity index (χ3n) is 3.30. The molecule has 0 radical (unpaired) electrons. The molecular formula is C13H16N2O4. The number of fused-ring (bicyclic) bond motifs is 1. The Balaban J connectivity index is 2.27. The molecule has 1 aromatic rings. The number of aromatic nitrogens is 1. The summed E-state index contributed by atoms with van der Waals surface area (Å²) in [7, 11) is 0. The fraction of sp³-hybridized carbons (Fsp3) is 0.462. The van der Waals surface area contributed by atoms with Gasteiger partial charge in [-0.15, -0.1) is 0 Å². The first-order valence-electron chi connectivity index (χ1n) is 6.28. The van der Waals surface area contributed by atoms with Crippen molar-refractivity contribution < 1.29 is 14.7 Å². The lowest BCUT2D eigenvalue weighted by molar-refractivity contribution is -0.138. The second-order valence-corrected chi connectivity index (χ2v) is 4.76. The van der Waals surface area contributed by atoms with Crippen molar-refractivity contribution in [3.8, 4) is 0 Å². The second-order valence-electron chi connectivity index (χ2n) is 4.76. The largest absolute Gasteiger partial charge is 0.480 e. The molecule has 0 unspecified atom stereocenters. The summed E-state index contributed by atoms with van der Waals surface area (Å²) in [6.45, 7) is 1.35. The Morgan fingerprint density at radius 3 is 2.74 bits per heavy atom. The number of hydrogen-bond acceptors (Lipinski definition) is 3. The zero-order valence-electron chi connectivity index (χ0n) is 10.7. The maximum atomic E-state index is 11.9. The average molecular weight is 264 g/mol. The molecule has 0 bridgehead atoms. The first-order chi connectivity index (χ1) is 8.99. The van der Waals surface area contributed by atoms with Crippen molar-refractivity contribution in [3.05, 3.63) is 33.2 Å². The molecule has 19 heavy (non-hydrogen) atoms. The molecule has 1 aliphatic rings. The van der Waals surface area contributed by atoms with Crippen LogP contribution in [0.25, 0.3) is 0 Å². The van der Waals surface area contributed by atoms with E-state index >= 15 is 0 Å². The first-order valence-corrected chi connectivity index (χ1v) is 6.28. The number of aromatic amines is 1. The quantitative estimate of drug-likeness (QED) is 0.738. The van der Waals surface area contributed by atoms with Gasteiger partial charge in [0.2, 0.25) is 0 Å². The van der Waals surface area contributed by atoms with Gasteiger partial charge in [0.05, 0.1) is 0 Å². The molecule has 0 saturated carbocycles.